The third-order valence-corrected chi connectivity index (χ3v) is 5.65. The molecule has 40 heavy (non-hydrogen) atoms. The van der Waals surface area contributed by atoms with E-state index in [2.05, 4.69) is 5.32 Å². The van der Waals surface area contributed by atoms with Crippen molar-refractivity contribution in [3.63, 3.8) is 0 Å². The van der Waals surface area contributed by atoms with Crippen molar-refractivity contribution in [1.82, 2.24) is 4.57 Å². The summed E-state index contributed by atoms with van der Waals surface area (Å²) in [6, 6.07) is 11.7. The van der Waals surface area contributed by atoms with E-state index in [1.807, 2.05) is 6.07 Å². The number of rotatable bonds is 7. The second-order valence-corrected chi connectivity index (χ2v) is 10.2. The summed E-state index contributed by atoms with van der Waals surface area (Å²) in [5.74, 6) is -1.59. The van der Waals surface area contributed by atoms with Gasteiger partial charge >= 0.3 is 12.1 Å². The van der Waals surface area contributed by atoms with Crippen LogP contribution in [-0.2, 0) is 9.53 Å². The van der Waals surface area contributed by atoms with Crippen molar-refractivity contribution >= 4 is 29.2 Å². The van der Waals surface area contributed by atoms with Gasteiger partial charge in [-0.15, -0.1) is 0 Å². The summed E-state index contributed by atoms with van der Waals surface area (Å²) in [6.45, 7) is 4.88. The predicted molar refractivity (Wildman–Crippen MR) is 142 cm³/mol. The number of hydrogen-bond acceptors (Lipinski definition) is 6. The van der Waals surface area contributed by atoms with Crippen LogP contribution in [0, 0.1) is 11.3 Å². The first-order valence-electron chi connectivity index (χ1n) is 11.9. The molecule has 0 saturated carbocycles. The van der Waals surface area contributed by atoms with Gasteiger partial charge in [-0.1, -0.05) is 11.6 Å². The lowest BCUT2D eigenvalue weighted by molar-refractivity contribution is -0.153. The number of anilines is 1. The predicted octanol–water partition coefficient (Wildman–Crippen LogP) is 6.14. The molecule has 12 heteroatoms. The fraction of sp³-hybridized carbons (Fsp3) is 0.286. The Kier molecular flexibility index (Phi) is 8.95. The van der Waals surface area contributed by atoms with Crippen LogP contribution in [0.1, 0.15) is 49.7 Å². The van der Waals surface area contributed by atoms with Crippen LogP contribution in [0.15, 0.2) is 59.5 Å². The first-order valence-corrected chi connectivity index (χ1v) is 12.3. The molecule has 3 aromatic rings. The number of carbonyl (C=O) groups excluding carboxylic acids is 2. The molecule has 3 rings (SSSR count). The van der Waals surface area contributed by atoms with Crippen molar-refractivity contribution in [2.75, 3.05) is 11.9 Å². The van der Waals surface area contributed by atoms with Crippen molar-refractivity contribution in [3.05, 3.63) is 81.2 Å². The van der Waals surface area contributed by atoms with Crippen molar-refractivity contribution in [3.8, 4) is 22.9 Å². The van der Waals surface area contributed by atoms with Crippen molar-refractivity contribution in [2.45, 2.75) is 45.5 Å². The zero-order valence-electron chi connectivity index (χ0n) is 21.9. The molecule has 0 aliphatic rings. The summed E-state index contributed by atoms with van der Waals surface area (Å²) in [6.07, 6.45) is -3.71. The van der Waals surface area contributed by atoms with Gasteiger partial charge in [0.1, 0.15) is 17.4 Å². The smallest absolute Gasteiger partial charge is 0.422 e. The Bertz CT molecular complexity index is 1520. The third kappa shape index (κ3) is 7.86. The van der Waals surface area contributed by atoms with Crippen LogP contribution in [-0.4, -0.2) is 34.8 Å². The summed E-state index contributed by atoms with van der Waals surface area (Å²) in [5, 5.41) is 12.3. The molecule has 0 saturated heterocycles. The van der Waals surface area contributed by atoms with E-state index in [0.29, 0.717) is 5.69 Å². The molecule has 1 atom stereocenters. The number of nitrogens with zero attached hydrogens (tertiary/aromatic N) is 2. The maximum atomic E-state index is 13.0. The summed E-state index contributed by atoms with van der Waals surface area (Å²) in [4.78, 5) is 38.2. The minimum Gasteiger partial charge on any atom is -0.482 e. The number of halogens is 4. The Labute approximate surface area is 232 Å². The summed E-state index contributed by atoms with van der Waals surface area (Å²) in [5.41, 5.74) is -0.793. The summed E-state index contributed by atoms with van der Waals surface area (Å²) in [7, 11) is 0. The molecule has 1 N–H and O–H groups in total. The van der Waals surface area contributed by atoms with Gasteiger partial charge in [-0.25, -0.2) is 4.79 Å². The molecule has 0 spiro atoms. The van der Waals surface area contributed by atoms with Gasteiger partial charge in [0.15, 0.2) is 6.61 Å². The molecule has 1 aromatic heterocycles. The average molecular weight is 576 g/mol. The number of benzene rings is 2. The highest BCUT2D eigenvalue weighted by Gasteiger charge is 2.30. The number of amides is 1. The Morgan fingerprint density at radius 1 is 1.07 bits per heavy atom. The monoisotopic (exact) mass is 575 g/mol. The third-order valence-electron chi connectivity index (χ3n) is 5.41. The maximum Gasteiger partial charge on any atom is 0.422 e. The molecule has 0 fully saturated rings. The molecule has 8 nitrogen and oxygen atoms in total. The zero-order chi connectivity index (χ0) is 29.8. The number of hydrogen-bond donors (Lipinski definition) is 1. The van der Waals surface area contributed by atoms with Gasteiger partial charge in [0.25, 0.3) is 5.56 Å². The molecule has 1 amide bonds. The van der Waals surface area contributed by atoms with E-state index >= 15 is 0 Å². The first-order chi connectivity index (χ1) is 18.6. The van der Waals surface area contributed by atoms with Crippen LogP contribution in [0.2, 0.25) is 5.02 Å². The summed E-state index contributed by atoms with van der Waals surface area (Å²) < 4.78 is 50.2. The molecule has 2 aromatic carbocycles. The van der Waals surface area contributed by atoms with Gasteiger partial charge in [0.2, 0.25) is 5.91 Å². The fourth-order valence-electron chi connectivity index (χ4n) is 3.55. The maximum absolute atomic E-state index is 13.0. The van der Waals surface area contributed by atoms with E-state index in [4.69, 9.17) is 21.1 Å². The molecule has 0 radical (unpaired) electrons. The summed E-state index contributed by atoms with van der Waals surface area (Å²) >= 11 is 6.03. The lowest BCUT2D eigenvalue weighted by Crippen LogP contribution is -2.31. The Morgan fingerprint density at radius 3 is 2.30 bits per heavy atom. The van der Waals surface area contributed by atoms with E-state index in [-0.39, 0.29) is 33.0 Å². The van der Waals surface area contributed by atoms with Gasteiger partial charge in [-0.05, 0) is 70.2 Å². The molecule has 1 unspecified atom stereocenters. The van der Waals surface area contributed by atoms with Crippen LogP contribution < -0.4 is 15.6 Å². The van der Waals surface area contributed by atoms with E-state index in [0.717, 1.165) is 16.8 Å². The van der Waals surface area contributed by atoms with E-state index in [1.165, 1.54) is 49.4 Å². The van der Waals surface area contributed by atoms with Gasteiger partial charge in [-0.2, -0.15) is 18.4 Å². The van der Waals surface area contributed by atoms with Crippen LogP contribution >= 0.6 is 11.6 Å². The van der Waals surface area contributed by atoms with E-state index in [1.54, 1.807) is 20.8 Å². The Balaban J connectivity index is 1.92. The van der Waals surface area contributed by atoms with Crippen LogP contribution in [0.25, 0.3) is 11.1 Å². The average Bonchev–Trinajstić information content (AvgIpc) is 2.86. The topological polar surface area (TPSA) is 110 Å². The van der Waals surface area contributed by atoms with E-state index in [9.17, 15) is 32.8 Å². The fourth-order valence-corrected chi connectivity index (χ4v) is 3.72. The highest BCUT2D eigenvalue weighted by atomic mass is 35.5. The van der Waals surface area contributed by atoms with Gasteiger partial charge in [-0.3, -0.25) is 14.2 Å². The Morgan fingerprint density at radius 2 is 1.73 bits per heavy atom. The standard InChI is InChI=1S/C28H25ClF3N3O5/c1-16(25(37)34-20-9-6-17(7-10-20)26(38)40-27(2,3)4)35-14-23(39-15-28(30,31)32)22(12-24(35)36)21-11-19(29)8-5-18(21)13-33/h5-12,14,16H,15H2,1-4H3,(H,34,37). The van der Waals surface area contributed by atoms with Crippen LogP contribution in [0.3, 0.4) is 0 Å². The lowest BCUT2D eigenvalue weighted by atomic mass is 10.0. The minimum absolute atomic E-state index is 0.0547. The lowest BCUT2D eigenvalue weighted by Gasteiger charge is -2.20. The number of pyridine rings is 1. The largest absolute Gasteiger partial charge is 0.482 e. The number of esters is 1. The van der Waals surface area contributed by atoms with Gasteiger partial charge in [0.05, 0.1) is 23.4 Å². The molecule has 0 aliphatic carbocycles. The van der Waals surface area contributed by atoms with Crippen molar-refractivity contribution in [2.24, 2.45) is 0 Å². The number of nitriles is 1. The SMILES string of the molecule is CC(C(=O)Nc1ccc(C(=O)OC(C)(C)C)cc1)n1cc(OCC(F)(F)F)c(-c2cc(Cl)ccc2C#N)cc1=O. The molecule has 0 aliphatic heterocycles. The Hall–Kier alpha value is -4.30. The molecule has 0 bridgehead atoms. The molecule has 210 valence electrons. The number of aromatic nitrogens is 1. The zero-order valence-corrected chi connectivity index (χ0v) is 22.7. The second-order valence-electron chi connectivity index (χ2n) is 9.75. The number of ether oxygens (including phenoxy) is 2. The highest BCUT2D eigenvalue weighted by Crippen LogP contribution is 2.34. The molecular formula is C28H25ClF3N3O5. The van der Waals surface area contributed by atoms with Crippen molar-refractivity contribution in [1.29, 1.82) is 5.26 Å². The van der Waals surface area contributed by atoms with E-state index < -0.39 is 41.9 Å². The second kappa shape index (κ2) is 11.8. The number of alkyl halides is 3. The number of carbonyl (C=O) groups is 2. The van der Waals surface area contributed by atoms with Gasteiger partial charge in [0, 0.05) is 27.9 Å². The normalized spacial score (nSPS) is 12.3. The number of nitrogens with one attached hydrogen (secondary N) is 1. The highest BCUT2D eigenvalue weighted by molar-refractivity contribution is 6.31. The van der Waals surface area contributed by atoms with Crippen LogP contribution in [0.4, 0.5) is 18.9 Å². The van der Waals surface area contributed by atoms with Crippen molar-refractivity contribution < 1.29 is 32.2 Å². The quantitative estimate of drug-likeness (QED) is 0.339. The minimum atomic E-state index is -4.70. The molecule has 1 heterocycles. The van der Waals surface area contributed by atoms with Crippen LogP contribution in [0.5, 0.6) is 5.75 Å². The molecular weight excluding hydrogens is 551 g/mol. The first kappa shape index (κ1) is 30.2. The van der Waals surface area contributed by atoms with Gasteiger partial charge < -0.3 is 14.8 Å².